The van der Waals surface area contributed by atoms with Gasteiger partial charge in [-0.2, -0.15) is 0 Å². The minimum absolute atomic E-state index is 0.222. The lowest BCUT2D eigenvalue weighted by atomic mass is 9.83. The van der Waals surface area contributed by atoms with Gasteiger partial charge in [0.2, 0.25) is 0 Å². The fourth-order valence-corrected chi connectivity index (χ4v) is 2.75. The first kappa shape index (κ1) is 14.5. The second-order valence-corrected chi connectivity index (χ2v) is 6.77. The Morgan fingerprint density at radius 3 is 2.32 bits per heavy atom. The number of hydrogen-bond donors (Lipinski definition) is 1. The van der Waals surface area contributed by atoms with Crippen LogP contribution >= 0.6 is 0 Å². The van der Waals surface area contributed by atoms with Crippen LogP contribution in [0.4, 0.5) is 0 Å². The van der Waals surface area contributed by atoms with Gasteiger partial charge in [-0.15, -0.1) is 0 Å². The number of ether oxygens (including phenoxy) is 1. The molecule has 106 valence electrons. The van der Waals surface area contributed by atoms with Gasteiger partial charge in [-0.3, -0.25) is 0 Å². The summed E-state index contributed by atoms with van der Waals surface area (Å²) in [5.74, 6) is 0. The van der Waals surface area contributed by atoms with Gasteiger partial charge in [0.15, 0.2) is 0 Å². The Labute approximate surface area is 117 Å². The van der Waals surface area contributed by atoms with Crippen molar-refractivity contribution in [3.8, 4) is 0 Å². The van der Waals surface area contributed by atoms with Gasteiger partial charge >= 0.3 is 0 Å². The molecular formula is C17H27NO. The third-order valence-corrected chi connectivity index (χ3v) is 4.01. The van der Waals surface area contributed by atoms with Crippen LogP contribution in [0, 0.1) is 13.8 Å². The molecule has 0 radical (unpaired) electrons. The molecule has 2 heteroatoms. The number of aryl methyl sites for hydroxylation is 2. The van der Waals surface area contributed by atoms with Crippen molar-refractivity contribution in [2.24, 2.45) is 0 Å². The Bertz CT molecular complexity index is 416. The topological polar surface area (TPSA) is 21.3 Å². The molecular weight excluding hydrogens is 234 g/mol. The molecule has 0 amide bonds. The maximum Gasteiger partial charge on any atom is 0.0623 e. The zero-order chi connectivity index (χ0) is 14.0. The fourth-order valence-electron chi connectivity index (χ4n) is 2.75. The Kier molecular flexibility index (Phi) is 4.32. The van der Waals surface area contributed by atoms with Crippen molar-refractivity contribution in [3.05, 3.63) is 34.4 Å². The lowest BCUT2D eigenvalue weighted by Crippen LogP contribution is -2.42. The smallest absolute Gasteiger partial charge is 0.0623 e. The number of rotatable bonds is 2. The summed E-state index contributed by atoms with van der Waals surface area (Å²) < 4.78 is 5.55. The quantitative estimate of drug-likeness (QED) is 0.883. The van der Waals surface area contributed by atoms with Gasteiger partial charge in [-0.05, 0) is 47.9 Å². The van der Waals surface area contributed by atoms with Gasteiger partial charge in [0.05, 0.1) is 13.2 Å². The number of hydrogen-bond acceptors (Lipinski definition) is 2. The summed E-state index contributed by atoms with van der Waals surface area (Å²) in [4.78, 5) is 0. The van der Waals surface area contributed by atoms with Gasteiger partial charge in [-0.1, -0.05) is 32.9 Å². The first-order chi connectivity index (χ1) is 8.88. The van der Waals surface area contributed by atoms with Crippen LogP contribution < -0.4 is 5.32 Å². The van der Waals surface area contributed by atoms with Crippen LogP contribution in [0.2, 0.25) is 0 Å². The van der Waals surface area contributed by atoms with Crippen LogP contribution in [-0.2, 0) is 16.6 Å². The highest BCUT2D eigenvalue weighted by Gasteiger charge is 2.19. The Morgan fingerprint density at radius 2 is 1.84 bits per heavy atom. The van der Waals surface area contributed by atoms with Crippen LogP contribution in [0.1, 0.15) is 43.0 Å². The van der Waals surface area contributed by atoms with Gasteiger partial charge in [0, 0.05) is 12.6 Å². The minimum Gasteiger partial charge on any atom is -0.379 e. The van der Waals surface area contributed by atoms with E-state index < -0.39 is 0 Å². The zero-order valence-electron chi connectivity index (χ0n) is 13.0. The monoisotopic (exact) mass is 261 g/mol. The second-order valence-electron chi connectivity index (χ2n) is 6.77. The summed E-state index contributed by atoms with van der Waals surface area (Å²) in [6.07, 6.45) is 1.07. The lowest BCUT2D eigenvalue weighted by Gasteiger charge is -2.27. The fraction of sp³-hybridized carbons (Fsp3) is 0.647. The molecule has 0 aliphatic carbocycles. The molecule has 1 N–H and O–H groups in total. The van der Waals surface area contributed by atoms with Crippen LogP contribution in [0.5, 0.6) is 0 Å². The van der Waals surface area contributed by atoms with E-state index >= 15 is 0 Å². The molecule has 0 spiro atoms. The standard InChI is InChI=1S/C17H27NO/c1-12-8-14(17(3,4)5)9-13(2)16(12)10-15-11-19-7-6-18-15/h8-9,15,18H,6-7,10-11H2,1-5H3. The van der Waals surface area contributed by atoms with E-state index in [-0.39, 0.29) is 5.41 Å². The van der Waals surface area contributed by atoms with Crippen molar-refractivity contribution >= 4 is 0 Å². The van der Waals surface area contributed by atoms with Gasteiger partial charge in [0.1, 0.15) is 0 Å². The molecule has 1 heterocycles. The maximum absolute atomic E-state index is 5.55. The van der Waals surface area contributed by atoms with E-state index in [2.05, 4.69) is 52.1 Å². The van der Waals surface area contributed by atoms with Crippen LogP contribution in [0.3, 0.4) is 0 Å². The van der Waals surface area contributed by atoms with E-state index in [1.54, 1.807) is 0 Å². The van der Waals surface area contributed by atoms with E-state index in [4.69, 9.17) is 4.74 Å². The normalized spacial score (nSPS) is 20.6. The number of benzene rings is 1. The van der Waals surface area contributed by atoms with Crippen molar-refractivity contribution in [1.29, 1.82) is 0 Å². The molecule has 1 saturated heterocycles. The van der Waals surface area contributed by atoms with E-state index in [0.717, 1.165) is 26.2 Å². The van der Waals surface area contributed by atoms with Crippen molar-refractivity contribution in [1.82, 2.24) is 5.32 Å². The van der Waals surface area contributed by atoms with Crippen molar-refractivity contribution in [3.63, 3.8) is 0 Å². The molecule has 0 bridgehead atoms. The molecule has 19 heavy (non-hydrogen) atoms. The third-order valence-electron chi connectivity index (χ3n) is 4.01. The SMILES string of the molecule is Cc1cc(C(C)(C)C)cc(C)c1CC1COCCN1. The minimum atomic E-state index is 0.222. The van der Waals surface area contributed by atoms with Crippen LogP contribution in [-0.4, -0.2) is 25.8 Å². The lowest BCUT2D eigenvalue weighted by molar-refractivity contribution is 0.0769. The first-order valence-corrected chi connectivity index (χ1v) is 7.29. The number of morpholine rings is 1. The molecule has 1 unspecified atom stereocenters. The highest BCUT2D eigenvalue weighted by atomic mass is 16.5. The Morgan fingerprint density at radius 1 is 1.21 bits per heavy atom. The van der Waals surface area contributed by atoms with Crippen molar-refractivity contribution in [2.75, 3.05) is 19.8 Å². The Hall–Kier alpha value is -0.860. The third kappa shape index (κ3) is 3.58. The molecule has 2 nitrogen and oxygen atoms in total. The summed E-state index contributed by atoms with van der Waals surface area (Å²) in [6.45, 7) is 14.0. The summed E-state index contributed by atoms with van der Waals surface area (Å²) in [5.41, 5.74) is 5.96. The first-order valence-electron chi connectivity index (χ1n) is 7.29. The van der Waals surface area contributed by atoms with E-state index in [1.165, 1.54) is 22.3 Å². The predicted molar refractivity (Wildman–Crippen MR) is 80.9 cm³/mol. The van der Waals surface area contributed by atoms with Crippen molar-refractivity contribution in [2.45, 2.75) is 52.5 Å². The van der Waals surface area contributed by atoms with Gasteiger partial charge in [-0.25, -0.2) is 0 Å². The Balaban J connectivity index is 2.21. The molecule has 1 aliphatic rings. The predicted octanol–water partition coefficient (Wildman–Crippen LogP) is 3.13. The summed E-state index contributed by atoms with van der Waals surface area (Å²) >= 11 is 0. The van der Waals surface area contributed by atoms with Gasteiger partial charge < -0.3 is 10.1 Å². The molecule has 1 atom stereocenters. The van der Waals surface area contributed by atoms with Crippen molar-refractivity contribution < 1.29 is 4.74 Å². The average Bonchev–Trinajstić information content (AvgIpc) is 2.33. The van der Waals surface area contributed by atoms with E-state index in [1.807, 2.05) is 0 Å². The maximum atomic E-state index is 5.55. The molecule has 0 saturated carbocycles. The molecule has 1 fully saturated rings. The molecule has 1 aliphatic heterocycles. The largest absolute Gasteiger partial charge is 0.379 e. The van der Waals surface area contributed by atoms with Gasteiger partial charge in [0.25, 0.3) is 0 Å². The zero-order valence-corrected chi connectivity index (χ0v) is 13.0. The second kappa shape index (κ2) is 5.64. The highest BCUT2D eigenvalue weighted by Crippen LogP contribution is 2.27. The van der Waals surface area contributed by atoms with E-state index in [0.29, 0.717) is 6.04 Å². The summed E-state index contributed by atoms with van der Waals surface area (Å²) in [6, 6.07) is 5.17. The molecule has 2 rings (SSSR count). The number of nitrogens with one attached hydrogen (secondary N) is 1. The van der Waals surface area contributed by atoms with Crippen LogP contribution in [0.25, 0.3) is 0 Å². The summed E-state index contributed by atoms with van der Waals surface area (Å²) in [7, 11) is 0. The highest BCUT2D eigenvalue weighted by molar-refractivity contribution is 5.41. The van der Waals surface area contributed by atoms with Crippen LogP contribution in [0.15, 0.2) is 12.1 Å². The average molecular weight is 261 g/mol. The molecule has 1 aromatic carbocycles. The summed E-state index contributed by atoms with van der Waals surface area (Å²) in [5, 5.41) is 3.54. The molecule has 1 aromatic rings. The van der Waals surface area contributed by atoms with E-state index in [9.17, 15) is 0 Å². The molecule has 0 aromatic heterocycles.